The summed E-state index contributed by atoms with van der Waals surface area (Å²) in [7, 11) is 0. The van der Waals surface area contributed by atoms with Gasteiger partial charge >= 0.3 is 0 Å². The summed E-state index contributed by atoms with van der Waals surface area (Å²) in [5.74, 6) is 0.313. The van der Waals surface area contributed by atoms with E-state index in [1.807, 2.05) is 26.0 Å². The molecule has 4 rings (SSSR count). The van der Waals surface area contributed by atoms with Crippen molar-refractivity contribution >= 4 is 16.9 Å². The van der Waals surface area contributed by atoms with Gasteiger partial charge in [0.15, 0.2) is 5.43 Å². The summed E-state index contributed by atoms with van der Waals surface area (Å²) in [6.07, 6.45) is 4.18. The number of aryl methyl sites for hydroxylation is 2. The van der Waals surface area contributed by atoms with Gasteiger partial charge in [0, 0.05) is 43.4 Å². The Morgan fingerprint density at radius 1 is 1.32 bits per heavy atom. The minimum absolute atomic E-state index is 0.0538. The minimum atomic E-state index is 0.0538. The third-order valence-electron chi connectivity index (χ3n) is 4.72. The van der Waals surface area contributed by atoms with Crippen LogP contribution in [0.15, 0.2) is 33.8 Å². The van der Waals surface area contributed by atoms with E-state index in [0.29, 0.717) is 35.6 Å². The van der Waals surface area contributed by atoms with E-state index in [4.69, 9.17) is 10.2 Å². The largest absolute Gasteiger partial charge is 0.464 e. The van der Waals surface area contributed by atoms with Gasteiger partial charge in [-0.2, -0.15) is 0 Å². The first-order valence-corrected chi connectivity index (χ1v) is 8.35. The molecule has 0 amide bonds. The standard InChI is InChI=1S/C19H20N4O2/c1-11-5-12(2)17-16(6-11)25-10-14(18(17)24)9-23-4-3-15-13(8-23)7-21-19(20)22-15/h5-7,10H,3-4,8-9H2,1-2H3,(H2,20,21,22). The van der Waals surface area contributed by atoms with Crippen LogP contribution in [-0.2, 0) is 19.5 Å². The third kappa shape index (κ3) is 2.89. The fraction of sp³-hybridized carbons (Fsp3) is 0.316. The van der Waals surface area contributed by atoms with E-state index in [1.165, 1.54) is 0 Å². The molecule has 0 bridgehead atoms. The molecule has 0 fully saturated rings. The summed E-state index contributed by atoms with van der Waals surface area (Å²) in [4.78, 5) is 23.5. The van der Waals surface area contributed by atoms with Gasteiger partial charge in [0.1, 0.15) is 5.58 Å². The molecule has 25 heavy (non-hydrogen) atoms. The molecule has 0 spiro atoms. The molecule has 1 aromatic carbocycles. The second kappa shape index (κ2) is 5.97. The van der Waals surface area contributed by atoms with E-state index in [-0.39, 0.29) is 5.43 Å². The van der Waals surface area contributed by atoms with Crippen LogP contribution >= 0.6 is 0 Å². The lowest BCUT2D eigenvalue weighted by molar-refractivity contribution is 0.240. The number of hydrogen-bond donors (Lipinski definition) is 1. The van der Waals surface area contributed by atoms with Crippen molar-refractivity contribution in [3.8, 4) is 0 Å². The number of nitrogens with zero attached hydrogens (tertiary/aromatic N) is 3. The van der Waals surface area contributed by atoms with Crippen LogP contribution in [0.4, 0.5) is 5.95 Å². The van der Waals surface area contributed by atoms with Crippen LogP contribution in [0.5, 0.6) is 0 Å². The molecule has 3 heterocycles. The van der Waals surface area contributed by atoms with Crippen LogP contribution < -0.4 is 11.2 Å². The zero-order chi connectivity index (χ0) is 17.6. The quantitative estimate of drug-likeness (QED) is 0.773. The number of nitrogens with two attached hydrogens (primary N) is 1. The molecule has 0 atom stereocenters. The molecule has 0 saturated heterocycles. The molecule has 1 aliphatic heterocycles. The average molecular weight is 336 g/mol. The van der Waals surface area contributed by atoms with E-state index in [0.717, 1.165) is 35.3 Å². The van der Waals surface area contributed by atoms with Crippen molar-refractivity contribution in [2.45, 2.75) is 33.4 Å². The van der Waals surface area contributed by atoms with Crippen LogP contribution in [0.2, 0.25) is 0 Å². The summed E-state index contributed by atoms with van der Waals surface area (Å²) in [5.41, 5.74) is 11.1. The normalized spacial score (nSPS) is 14.6. The predicted octanol–water partition coefficient (Wildman–Crippen LogP) is 2.34. The smallest absolute Gasteiger partial charge is 0.220 e. The number of anilines is 1. The monoisotopic (exact) mass is 336 g/mol. The van der Waals surface area contributed by atoms with Crippen LogP contribution in [-0.4, -0.2) is 21.4 Å². The maximum absolute atomic E-state index is 12.9. The Bertz CT molecular complexity index is 1030. The van der Waals surface area contributed by atoms with Crippen molar-refractivity contribution in [3.63, 3.8) is 0 Å². The number of aromatic nitrogens is 2. The van der Waals surface area contributed by atoms with Crippen molar-refractivity contribution in [2.24, 2.45) is 0 Å². The molecule has 2 N–H and O–H groups in total. The Kier molecular flexibility index (Phi) is 3.77. The highest BCUT2D eigenvalue weighted by atomic mass is 16.3. The van der Waals surface area contributed by atoms with Gasteiger partial charge in [-0.25, -0.2) is 9.97 Å². The summed E-state index contributed by atoms with van der Waals surface area (Å²) in [6, 6.07) is 3.92. The highest BCUT2D eigenvalue weighted by molar-refractivity contribution is 5.81. The van der Waals surface area contributed by atoms with Crippen molar-refractivity contribution < 1.29 is 4.42 Å². The molecule has 6 nitrogen and oxygen atoms in total. The van der Waals surface area contributed by atoms with Gasteiger partial charge in [-0.05, 0) is 31.0 Å². The zero-order valence-corrected chi connectivity index (χ0v) is 14.4. The fourth-order valence-corrected chi connectivity index (χ4v) is 3.54. The van der Waals surface area contributed by atoms with Gasteiger partial charge in [0.25, 0.3) is 0 Å². The van der Waals surface area contributed by atoms with Gasteiger partial charge in [-0.3, -0.25) is 9.69 Å². The Labute approximate surface area is 145 Å². The predicted molar refractivity (Wildman–Crippen MR) is 96.2 cm³/mol. The molecular weight excluding hydrogens is 316 g/mol. The average Bonchev–Trinajstić information content (AvgIpc) is 2.57. The first kappa shape index (κ1) is 15.8. The maximum atomic E-state index is 12.9. The summed E-state index contributed by atoms with van der Waals surface area (Å²) in [6.45, 7) is 6.04. The minimum Gasteiger partial charge on any atom is -0.464 e. The molecule has 0 unspecified atom stereocenters. The first-order valence-electron chi connectivity index (χ1n) is 8.35. The molecule has 0 saturated carbocycles. The van der Waals surface area contributed by atoms with Crippen molar-refractivity contribution in [1.29, 1.82) is 0 Å². The van der Waals surface area contributed by atoms with Crippen LogP contribution in [0.25, 0.3) is 11.0 Å². The second-order valence-corrected chi connectivity index (χ2v) is 6.71. The van der Waals surface area contributed by atoms with Crippen LogP contribution in [0.1, 0.15) is 27.9 Å². The number of hydrogen-bond acceptors (Lipinski definition) is 6. The number of rotatable bonds is 2. The number of nitrogen functional groups attached to an aromatic ring is 1. The van der Waals surface area contributed by atoms with Crippen molar-refractivity contribution in [1.82, 2.24) is 14.9 Å². The highest BCUT2D eigenvalue weighted by Crippen LogP contribution is 2.21. The lowest BCUT2D eigenvalue weighted by Gasteiger charge is -2.27. The fourth-order valence-electron chi connectivity index (χ4n) is 3.54. The summed E-state index contributed by atoms with van der Waals surface area (Å²) in [5, 5.41) is 0.677. The van der Waals surface area contributed by atoms with E-state index >= 15 is 0 Å². The molecule has 3 aromatic rings. The van der Waals surface area contributed by atoms with Gasteiger partial charge < -0.3 is 10.2 Å². The van der Waals surface area contributed by atoms with Gasteiger partial charge in [0.05, 0.1) is 17.3 Å². The Hall–Kier alpha value is -2.73. The molecule has 0 aliphatic carbocycles. The topological polar surface area (TPSA) is 85.2 Å². The molecule has 1 aliphatic rings. The highest BCUT2D eigenvalue weighted by Gasteiger charge is 2.20. The van der Waals surface area contributed by atoms with Crippen molar-refractivity contribution in [2.75, 3.05) is 12.3 Å². The molecular formula is C19H20N4O2. The third-order valence-corrected chi connectivity index (χ3v) is 4.72. The van der Waals surface area contributed by atoms with Gasteiger partial charge in [0.2, 0.25) is 5.95 Å². The Balaban J connectivity index is 1.64. The lowest BCUT2D eigenvalue weighted by Crippen LogP contribution is -2.32. The van der Waals surface area contributed by atoms with Crippen LogP contribution in [0, 0.1) is 13.8 Å². The molecule has 6 heteroatoms. The second-order valence-electron chi connectivity index (χ2n) is 6.71. The Morgan fingerprint density at radius 2 is 2.16 bits per heavy atom. The molecule has 2 aromatic heterocycles. The molecule has 128 valence electrons. The number of fused-ring (bicyclic) bond motifs is 2. The molecule has 0 radical (unpaired) electrons. The number of benzene rings is 1. The van der Waals surface area contributed by atoms with Gasteiger partial charge in [-0.1, -0.05) is 6.07 Å². The summed E-state index contributed by atoms with van der Waals surface area (Å²) < 4.78 is 5.74. The maximum Gasteiger partial charge on any atom is 0.220 e. The zero-order valence-electron chi connectivity index (χ0n) is 14.4. The lowest BCUT2D eigenvalue weighted by atomic mass is 10.0. The van der Waals surface area contributed by atoms with E-state index in [1.54, 1.807) is 12.5 Å². The van der Waals surface area contributed by atoms with E-state index in [9.17, 15) is 4.79 Å². The van der Waals surface area contributed by atoms with E-state index in [2.05, 4.69) is 14.9 Å². The van der Waals surface area contributed by atoms with E-state index < -0.39 is 0 Å². The SMILES string of the molecule is Cc1cc(C)c2c(=O)c(CN3CCc4nc(N)ncc4C3)coc2c1. The van der Waals surface area contributed by atoms with Gasteiger partial charge in [-0.15, -0.1) is 0 Å². The van der Waals surface area contributed by atoms with Crippen LogP contribution in [0.3, 0.4) is 0 Å². The Morgan fingerprint density at radius 3 is 3.00 bits per heavy atom. The van der Waals surface area contributed by atoms with Crippen molar-refractivity contribution in [3.05, 3.63) is 62.8 Å². The first-order chi connectivity index (χ1) is 12.0. The summed E-state index contributed by atoms with van der Waals surface area (Å²) >= 11 is 0.